The van der Waals surface area contributed by atoms with Crippen LogP contribution >= 0.6 is 0 Å². The van der Waals surface area contributed by atoms with Crippen molar-refractivity contribution >= 4 is 28.9 Å². The van der Waals surface area contributed by atoms with Crippen LogP contribution in [0.15, 0.2) is 47.3 Å². The lowest BCUT2D eigenvalue weighted by Gasteiger charge is -2.39. The lowest BCUT2D eigenvalue weighted by molar-refractivity contribution is -0.141. The topological polar surface area (TPSA) is 123 Å². The predicted octanol–water partition coefficient (Wildman–Crippen LogP) is 4.77. The van der Waals surface area contributed by atoms with E-state index in [-0.39, 0.29) is 53.7 Å². The van der Waals surface area contributed by atoms with Crippen LogP contribution in [0.5, 0.6) is 0 Å². The van der Waals surface area contributed by atoms with Crippen molar-refractivity contribution < 1.29 is 32.6 Å². The standard InChI is InChI=1S/C33H40F2N4O6/c1-21(2)33(11-8-26(16-33)38(28(40)18-35)25-9-12-44-13-10-25)30(41)36-19-24-14-23(17-34)15-27-29(24)37-31(42)39(27)32(43)45-20-22-6-4-3-5-7-22/h3-7,14-15,21,25-26H,8-13,16-20H2,1-2H3,(H,36,41)(H,37,42)/t26-,33+/m1/s1. The van der Waals surface area contributed by atoms with Gasteiger partial charge < -0.3 is 24.7 Å². The van der Waals surface area contributed by atoms with Gasteiger partial charge in [0.2, 0.25) is 5.91 Å². The normalized spacial score (nSPS) is 20.4. The molecular weight excluding hydrogens is 586 g/mol. The largest absolute Gasteiger partial charge is 0.444 e. The monoisotopic (exact) mass is 626 g/mol. The molecule has 1 saturated heterocycles. The molecule has 1 saturated carbocycles. The molecule has 5 rings (SSSR count). The number of carbonyl (C=O) groups is 3. The molecule has 2 aromatic carbocycles. The fourth-order valence-corrected chi connectivity index (χ4v) is 6.89. The second-order valence-corrected chi connectivity index (χ2v) is 12.3. The molecule has 45 heavy (non-hydrogen) atoms. The van der Waals surface area contributed by atoms with Gasteiger partial charge in [0.15, 0.2) is 6.67 Å². The van der Waals surface area contributed by atoms with Crippen molar-refractivity contribution in [3.05, 3.63) is 69.6 Å². The molecule has 0 bridgehead atoms. The molecule has 0 unspecified atom stereocenters. The Labute approximate surface area is 260 Å². The Morgan fingerprint density at radius 3 is 2.49 bits per heavy atom. The van der Waals surface area contributed by atoms with E-state index in [4.69, 9.17) is 9.47 Å². The molecule has 2 atom stereocenters. The zero-order chi connectivity index (χ0) is 32.1. The van der Waals surface area contributed by atoms with Crippen LogP contribution in [0, 0.1) is 11.3 Å². The zero-order valence-corrected chi connectivity index (χ0v) is 25.7. The molecule has 0 radical (unpaired) electrons. The average Bonchev–Trinajstić information content (AvgIpc) is 3.65. The minimum absolute atomic E-state index is 0.0333. The van der Waals surface area contributed by atoms with Gasteiger partial charge in [0.25, 0.3) is 5.91 Å². The van der Waals surface area contributed by atoms with Crippen molar-refractivity contribution in [3.63, 3.8) is 0 Å². The number of hydrogen-bond donors (Lipinski definition) is 2. The van der Waals surface area contributed by atoms with Crippen molar-refractivity contribution in [1.82, 2.24) is 19.8 Å². The Morgan fingerprint density at radius 2 is 1.82 bits per heavy atom. The van der Waals surface area contributed by atoms with Crippen molar-refractivity contribution in [1.29, 1.82) is 0 Å². The highest BCUT2D eigenvalue weighted by molar-refractivity contribution is 5.89. The number of imidazole rings is 1. The van der Waals surface area contributed by atoms with Crippen LogP contribution in [0.1, 0.15) is 62.6 Å². The summed E-state index contributed by atoms with van der Waals surface area (Å²) in [4.78, 5) is 56.8. The summed E-state index contributed by atoms with van der Waals surface area (Å²) in [5.41, 5.74) is 0.281. The molecule has 242 valence electrons. The highest BCUT2D eigenvalue weighted by Gasteiger charge is 2.50. The van der Waals surface area contributed by atoms with Crippen LogP contribution in [0.2, 0.25) is 0 Å². The summed E-state index contributed by atoms with van der Waals surface area (Å²) in [7, 11) is 0. The molecule has 2 N–H and O–H groups in total. The van der Waals surface area contributed by atoms with E-state index in [0.717, 1.165) is 10.1 Å². The fourth-order valence-electron chi connectivity index (χ4n) is 6.89. The molecule has 2 amide bonds. The second-order valence-electron chi connectivity index (χ2n) is 12.3. The first kappa shape index (κ1) is 32.3. The number of carbonyl (C=O) groups excluding carboxylic acids is 3. The van der Waals surface area contributed by atoms with Crippen LogP contribution < -0.4 is 11.0 Å². The van der Waals surface area contributed by atoms with Gasteiger partial charge in [-0.2, -0.15) is 4.57 Å². The highest BCUT2D eigenvalue weighted by Crippen LogP contribution is 2.47. The first-order valence-electron chi connectivity index (χ1n) is 15.4. The third kappa shape index (κ3) is 6.66. The Kier molecular flexibility index (Phi) is 10.0. The summed E-state index contributed by atoms with van der Waals surface area (Å²) in [6.45, 7) is 2.90. The Bertz CT molecular complexity index is 1580. The van der Waals surface area contributed by atoms with E-state index >= 15 is 0 Å². The SMILES string of the molecule is CC(C)[C@]1(C(=O)NCc2cc(CF)cc3c2[nH]c(=O)n3C(=O)OCc2ccccc2)CC[C@@H](N(C(=O)CF)C2CCOCC2)C1. The molecule has 2 aliphatic rings. The van der Waals surface area contributed by atoms with E-state index in [1.807, 2.05) is 19.9 Å². The summed E-state index contributed by atoms with van der Waals surface area (Å²) in [6.07, 6.45) is 1.82. The number of hydrogen-bond acceptors (Lipinski definition) is 6. The lowest BCUT2D eigenvalue weighted by Crippen LogP contribution is -2.50. The number of halogens is 2. The third-order valence-corrected chi connectivity index (χ3v) is 9.38. The minimum Gasteiger partial charge on any atom is -0.444 e. The van der Waals surface area contributed by atoms with E-state index in [9.17, 15) is 28.0 Å². The number of nitrogens with zero attached hydrogens (tertiary/aromatic N) is 2. The molecule has 1 aliphatic carbocycles. The third-order valence-electron chi connectivity index (χ3n) is 9.38. The van der Waals surface area contributed by atoms with Gasteiger partial charge in [-0.1, -0.05) is 44.2 Å². The highest BCUT2D eigenvalue weighted by atomic mass is 19.1. The van der Waals surface area contributed by atoms with Crippen molar-refractivity contribution in [2.45, 2.75) is 77.9 Å². The summed E-state index contributed by atoms with van der Waals surface area (Å²) in [5.74, 6) is -0.882. The Hall–Kier alpha value is -4.06. The smallest absolute Gasteiger partial charge is 0.423 e. The van der Waals surface area contributed by atoms with E-state index < -0.39 is 36.5 Å². The van der Waals surface area contributed by atoms with Crippen LogP contribution in [-0.2, 0) is 38.9 Å². The fraction of sp³-hybridized carbons (Fsp3) is 0.515. The van der Waals surface area contributed by atoms with E-state index in [0.29, 0.717) is 50.9 Å². The maximum Gasteiger partial charge on any atom is 0.423 e. The lowest BCUT2D eigenvalue weighted by atomic mass is 9.74. The summed E-state index contributed by atoms with van der Waals surface area (Å²) < 4.78 is 39.3. The molecular formula is C33H40F2N4O6. The molecule has 2 heterocycles. The Morgan fingerprint density at radius 1 is 1.09 bits per heavy atom. The number of H-pyrrole nitrogens is 1. The number of nitrogens with one attached hydrogen (secondary N) is 2. The zero-order valence-electron chi connectivity index (χ0n) is 25.7. The quantitative estimate of drug-likeness (QED) is 0.334. The van der Waals surface area contributed by atoms with Gasteiger partial charge in [0.1, 0.15) is 13.3 Å². The minimum atomic E-state index is -1.09. The number of benzene rings is 2. The molecule has 1 aromatic heterocycles. The van der Waals surface area contributed by atoms with Crippen LogP contribution in [0.4, 0.5) is 13.6 Å². The molecule has 0 spiro atoms. The first-order chi connectivity index (χ1) is 21.7. The van der Waals surface area contributed by atoms with E-state index in [1.165, 1.54) is 6.07 Å². The predicted molar refractivity (Wildman–Crippen MR) is 163 cm³/mol. The van der Waals surface area contributed by atoms with Gasteiger partial charge in [-0.05, 0) is 66.8 Å². The molecule has 2 fully saturated rings. The maximum atomic E-state index is 14.0. The van der Waals surface area contributed by atoms with Crippen molar-refractivity contribution in [3.8, 4) is 0 Å². The molecule has 12 heteroatoms. The van der Waals surface area contributed by atoms with Crippen molar-refractivity contribution in [2.24, 2.45) is 11.3 Å². The number of aromatic nitrogens is 2. The number of aromatic amines is 1. The number of rotatable bonds is 10. The number of alkyl halides is 2. The number of ether oxygens (including phenoxy) is 2. The van der Waals surface area contributed by atoms with Crippen molar-refractivity contribution in [2.75, 3.05) is 19.9 Å². The number of amides is 2. The summed E-state index contributed by atoms with van der Waals surface area (Å²) >= 11 is 0. The molecule has 1 aliphatic heterocycles. The van der Waals surface area contributed by atoms with E-state index in [1.54, 1.807) is 35.2 Å². The molecule has 10 nitrogen and oxygen atoms in total. The van der Waals surface area contributed by atoms with Gasteiger partial charge in [0.05, 0.1) is 16.4 Å². The number of fused-ring (bicyclic) bond motifs is 1. The van der Waals surface area contributed by atoms with Crippen LogP contribution in [0.3, 0.4) is 0 Å². The van der Waals surface area contributed by atoms with Gasteiger partial charge in [-0.3, -0.25) is 9.59 Å². The Balaban J connectivity index is 1.36. The summed E-state index contributed by atoms with van der Waals surface area (Å²) in [5, 5.41) is 2.99. The van der Waals surface area contributed by atoms with Gasteiger partial charge in [0, 0.05) is 31.8 Å². The summed E-state index contributed by atoms with van der Waals surface area (Å²) in [6, 6.07) is 11.5. The first-order valence-corrected chi connectivity index (χ1v) is 15.4. The van der Waals surface area contributed by atoms with Gasteiger partial charge in [-0.25, -0.2) is 18.4 Å². The van der Waals surface area contributed by atoms with Gasteiger partial charge >= 0.3 is 11.8 Å². The van der Waals surface area contributed by atoms with Crippen LogP contribution in [0.25, 0.3) is 11.0 Å². The molecule has 3 aromatic rings. The second kappa shape index (κ2) is 13.9. The average molecular weight is 627 g/mol. The van der Waals surface area contributed by atoms with E-state index in [2.05, 4.69) is 10.3 Å². The van der Waals surface area contributed by atoms with Gasteiger partial charge in [-0.15, -0.1) is 0 Å². The van der Waals surface area contributed by atoms with Crippen LogP contribution in [-0.4, -0.2) is 64.3 Å². The maximum absolute atomic E-state index is 14.0.